The van der Waals surface area contributed by atoms with Crippen molar-refractivity contribution in [2.24, 2.45) is 5.92 Å². The van der Waals surface area contributed by atoms with E-state index < -0.39 is 10.0 Å². The molecule has 1 aromatic heterocycles. The minimum Gasteiger partial charge on any atom is -0.308 e. The van der Waals surface area contributed by atoms with Crippen molar-refractivity contribution in [2.45, 2.75) is 38.5 Å². The van der Waals surface area contributed by atoms with Crippen molar-refractivity contribution in [1.29, 1.82) is 0 Å². The lowest BCUT2D eigenvalue weighted by atomic mass is 10.0. The number of carbonyl (C=O) groups is 1. The summed E-state index contributed by atoms with van der Waals surface area (Å²) >= 11 is 1.51. The van der Waals surface area contributed by atoms with Gasteiger partial charge in [0.1, 0.15) is 0 Å². The maximum absolute atomic E-state index is 13.6. The topological polar surface area (TPSA) is 73.8 Å². The lowest BCUT2D eigenvalue weighted by molar-refractivity contribution is 0.0985. The number of hydrogen-bond donors (Lipinski definition) is 0. The van der Waals surface area contributed by atoms with Crippen molar-refractivity contribution in [3.05, 3.63) is 53.1 Å². The zero-order valence-corrected chi connectivity index (χ0v) is 22.7. The van der Waals surface area contributed by atoms with E-state index in [9.17, 15) is 13.2 Å². The normalized spacial score (nSPS) is 15.7. The molecule has 2 aromatic carbocycles. The second-order valence-corrected chi connectivity index (χ2v) is 12.7. The van der Waals surface area contributed by atoms with E-state index in [1.807, 2.05) is 32.0 Å². The van der Waals surface area contributed by atoms with Crippen LogP contribution in [0.2, 0.25) is 0 Å². The molecular weight excluding hydrogens is 480 g/mol. The Balaban J connectivity index is 1.62. The van der Waals surface area contributed by atoms with E-state index in [1.54, 1.807) is 33.5 Å². The van der Waals surface area contributed by atoms with Crippen LogP contribution in [0.15, 0.2) is 41.3 Å². The zero-order chi connectivity index (χ0) is 25.3. The molecule has 0 atom stereocenters. The molecule has 1 aliphatic heterocycles. The van der Waals surface area contributed by atoms with Gasteiger partial charge in [-0.15, -0.1) is 0 Å². The van der Waals surface area contributed by atoms with Gasteiger partial charge in [-0.1, -0.05) is 24.3 Å². The smallest absolute Gasteiger partial charge is 0.260 e. The van der Waals surface area contributed by atoms with Crippen molar-refractivity contribution in [3.8, 4) is 0 Å². The van der Waals surface area contributed by atoms with Gasteiger partial charge in [0.15, 0.2) is 5.13 Å². The fraction of sp³-hybridized carbons (Fsp3) is 0.462. The lowest BCUT2D eigenvalue weighted by Crippen LogP contribution is -2.38. The first-order chi connectivity index (χ1) is 16.6. The first kappa shape index (κ1) is 25.8. The molecule has 0 aliphatic carbocycles. The Hall–Kier alpha value is -2.33. The van der Waals surface area contributed by atoms with E-state index in [-0.39, 0.29) is 10.8 Å². The summed E-state index contributed by atoms with van der Waals surface area (Å²) in [6, 6.07) is 10.5. The zero-order valence-electron chi connectivity index (χ0n) is 21.1. The van der Waals surface area contributed by atoms with Gasteiger partial charge in [-0.25, -0.2) is 13.4 Å². The Kier molecular flexibility index (Phi) is 7.61. The van der Waals surface area contributed by atoms with E-state index in [0.29, 0.717) is 42.8 Å². The highest BCUT2D eigenvalue weighted by Crippen LogP contribution is 2.33. The second kappa shape index (κ2) is 10.3. The highest BCUT2D eigenvalue weighted by atomic mass is 32.2. The third kappa shape index (κ3) is 5.58. The molecule has 1 amide bonds. The van der Waals surface area contributed by atoms with Gasteiger partial charge in [-0.3, -0.25) is 9.69 Å². The van der Waals surface area contributed by atoms with Crippen LogP contribution >= 0.6 is 11.3 Å². The summed E-state index contributed by atoms with van der Waals surface area (Å²) in [7, 11) is 0.379. The average molecular weight is 515 g/mol. The van der Waals surface area contributed by atoms with Gasteiger partial charge in [0, 0.05) is 31.7 Å². The predicted molar refractivity (Wildman–Crippen MR) is 143 cm³/mol. The fourth-order valence-corrected chi connectivity index (χ4v) is 6.87. The molecule has 0 spiro atoms. The Morgan fingerprint density at radius 2 is 1.74 bits per heavy atom. The fourth-order valence-electron chi connectivity index (χ4n) is 4.36. The number of benzene rings is 2. The van der Waals surface area contributed by atoms with E-state index in [2.05, 4.69) is 19.9 Å². The number of piperidine rings is 1. The van der Waals surface area contributed by atoms with Crippen molar-refractivity contribution in [1.82, 2.24) is 14.2 Å². The van der Waals surface area contributed by atoms with Crippen molar-refractivity contribution in [2.75, 3.05) is 45.2 Å². The SMILES string of the molecule is Cc1cc(C)c2sc(N(CCN(C)C)C(=O)c3ccc(S(=O)(=O)N4CCC(C)CC4)cc3)nc2c1. The third-order valence-corrected chi connectivity index (χ3v) is 9.68. The largest absolute Gasteiger partial charge is 0.308 e. The number of aryl methyl sites for hydroxylation is 2. The summed E-state index contributed by atoms with van der Waals surface area (Å²) < 4.78 is 28.8. The van der Waals surface area contributed by atoms with Gasteiger partial charge in [0.2, 0.25) is 10.0 Å². The first-order valence-corrected chi connectivity index (χ1v) is 14.3. The van der Waals surface area contributed by atoms with Crippen molar-refractivity contribution >= 4 is 42.6 Å². The first-order valence-electron chi connectivity index (χ1n) is 12.0. The number of nitrogens with zero attached hydrogens (tertiary/aromatic N) is 4. The standard InChI is InChI=1S/C26H34N4O3S2/c1-18-10-12-29(13-11-18)35(32,33)22-8-6-21(7-9-22)25(31)30(15-14-28(4)5)26-27-23-17-19(2)16-20(3)24(23)34-26/h6-9,16-18H,10-15H2,1-5H3. The van der Waals surface area contributed by atoms with Crippen LogP contribution in [0.1, 0.15) is 41.3 Å². The highest BCUT2D eigenvalue weighted by molar-refractivity contribution is 7.89. The van der Waals surface area contributed by atoms with Crippen LogP contribution in [0.4, 0.5) is 5.13 Å². The molecule has 35 heavy (non-hydrogen) atoms. The van der Waals surface area contributed by atoms with Crippen LogP contribution in [0.5, 0.6) is 0 Å². The molecule has 1 fully saturated rings. The summed E-state index contributed by atoms with van der Waals surface area (Å²) in [5, 5.41) is 0.652. The predicted octanol–water partition coefficient (Wildman–Crippen LogP) is 4.54. The number of carbonyl (C=O) groups excluding carboxylic acids is 1. The summed E-state index contributed by atoms with van der Waals surface area (Å²) in [5.74, 6) is 0.362. The molecule has 4 rings (SSSR count). The molecule has 2 heterocycles. The molecule has 1 saturated heterocycles. The molecule has 188 valence electrons. The minimum absolute atomic E-state index is 0.184. The molecule has 0 radical (unpaired) electrons. The third-order valence-electron chi connectivity index (χ3n) is 6.54. The van der Waals surface area contributed by atoms with Gasteiger partial charge >= 0.3 is 0 Å². The van der Waals surface area contributed by atoms with Gasteiger partial charge in [0.25, 0.3) is 5.91 Å². The number of hydrogen-bond acceptors (Lipinski definition) is 6. The lowest BCUT2D eigenvalue weighted by Gasteiger charge is -2.29. The number of likely N-dealkylation sites (N-methyl/N-ethyl adjacent to an activating group) is 1. The van der Waals surface area contributed by atoms with Crippen LogP contribution in [0.25, 0.3) is 10.2 Å². The molecule has 3 aromatic rings. The van der Waals surface area contributed by atoms with E-state index in [1.165, 1.54) is 11.3 Å². The molecule has 1 aliphatic rings. The van der Waals surface area contributed by atoms with Crippen LogP contribution in [-0.2, 0) is 10.0 Å². The summed E-state index contributed by atoms with van der Waals surface area (Å²) in [6.45, 7) is 8.50. The van der Waals surface area contributed by atoms with Crippen LogP contribution in [0, 0.1) is 19.8 Å². The van der Waals surface area contributed by atoms with Gasteiger partial charge in [-0.05, 0) is 88.2 Å². The quantitative estimate of drug-likeness (QED) is 0.463. The number of fused-ring (bicyclic) bond motifs is 1. The molecule has 0 bridgehead atoms. The van der Waals surface area contributed by atoms with Gasteiger partial charge < -0.3 is 4.90 Å². The highest BCUT2D eigenvalue weighted by Gasteiger charge is 2.29. The van der Waals surface area contributed by atoms with Crippen LogP contribution in [0.3, 0.4) is 0 Å². The summed E-state index contributed by atoms with van der Waals surface area (Å²) in [5.41, 5.74) is 3.62. The average Bonchev–Trinajstić information content (AvgIpc) is 3.23. The minimum atomic E-state index is -3.56. The van der Waals surface area contributed by atoms with E-state index in [0.717, 1.165) is 34.2 Å². The van der Waals surface area contributed by atoms with Gasteiger partial charge in [-0.2, -0.15) is 4.31 Å². The van der Waals surface area contributed by atoms with Crippen LogP contribution in [-0.4, -0.2) is 68.8 Å². The molecular formula is C26H34N4O3S2. The van der Waals surface area contributed by atoms with E-state index in [4.69, 9.17) is 4.98 Å². The number of amides is 1. The van der Waals surface area contributed by atoms with Crippen LogP contribution < -0.4 is 4.90 Å². The Labute approximate surface area is 212 Å². The summed E-state index contributed by atoms with van der Waals surface area (Å²) in [4.78, 5) is 22.3. The Bertz CT molecular complexity index is 1310. The Morgan fingerprint density at radius 1 is 1.09 bits per heavy atom. The van der Waals surface area contributed by atoms with Crippen molar-refractivity contribution in [3.63, 3.8) is 0 Å². The summed E-state index contributed by atoms with van der Waals surface area (Å²) in [6.07, 6.45) is 1.75. The molecule has 0 N–H and O–H groups in total. The second-order valence-electron chi connectivity index (χ2n) is 9.80. The number of thiazole rings is 1. The maximum atomic E-state index is 13.6. The maximum Gasteiger partial charge on any atom is 0.260 e. The van der Waals surface area contributed by atoms with E-state index >= 15 is 0 Å². The van der Waals surface area contributed by atoms with Gasteiger partial charge in [0.05, 0.1) is 15.1 Å². The number of rotatable bonds is 7. The molecule has 0 saturated carbocycles. The molecule has 7 nitrogen and oxygen atoms in total. The van der Waals surface area contributed by atoms with Crippen molar-refractivity contribution < 1.29 is 13.2 Å². The number of sulfonamides is 1. The Morgan fingerprint density at radius 3 is 2.37 bits per heavy atom. The monoisotopic (exact) mass is 514 g/mol. The number of aromatic nitrogens is 1. The molecule has 0 unspecified atom stereocenters. The molecule has 9 heteroatoms. The number of anilines is 1.